The number of nitrogen functional groups attached to an aromatic ring is 1. The molecule has 20 heavy (non-hydrogen) atoms. The van der Waals surface area contributed by atoms with Gasteiger partial charge in [0.25, 0.3) is 0 Å². The number of fused-ring (bicyclic) bond motifs is 3. The van der Waals surface area contributed by atoms with E-state index in [-0.39, 0.29) is 0 Å². The van der Waals surface area contributed by atoms with Crippen molar-refractivity contribution in [3.8, 4) is 11.4 Å². The number of aryl methyl sites for hydroxylation is 1. The topological polar surface area (TPSA) is 97.8 Å². The Kier molecular flexibility index (Phi) is 2.06. The lowest BCUT2D eigenvalue weighted by Gasteiger charge is -2.05. The highest BCUT2D eigenvalue weighted by atomic mass is 15.3. The predicted octanol–water partition coefficient (Wildman–Crippen LogP) is 1.56. The number of rotatable bonds is 1. The number of aromatic nitrogens is 6. The summed E-state index contributed by atoms with van der Waals surface area (Å²) in [6, 6.07) is 5.73. The summed E-state index contributed by atoms with van der Waals surface area (Å²) in [6.45, 7) is 2.01. The van der Waals surface area contributed by atoms with Crippen molar-refractivity contribution >= 4 is 22.5 Å². The van der Waals surface area contributed by atoms with Crippen molar-refractivity contribution in [1.29, 1.82) is 0 Å². The highest BCUT2D eigenvalue weighted by Gasteiger charge is 2.14. The molecule has 3 N–H and O–H groups in total. The van der Waals surface area contributed by atoms with Crippen molar-refractivity contribution in [2.24, 2.45) is 0 Å². The van der Waals surface area contributed by atoms with Crippen LogP contribution in [0.2, 0.25) is 0 Å². The standard InChI is InChI=1S/C13H11N7/c1-7-2-3-8(14)4-9(7)12-18-19-13-10-11(16-5-15-10)17-6-20(12)13/h2-6H,14H2,1H3,(H,15,16). The molecule has 1 aromatic carbocycles. The monoisotopic (exact) mass is 265 g/mol. The number of hydrogen-bond donors (Lipinski definition) is 2. The van der Waals surface area contributed by atoms with Crippen LogP contribution in [-0.2, 0) is 0 Å². The predicted molar refractivity (Wildman–Crippen MR) is 75.0 cm³/mol. The van der Waals surface area contributed by atoms with Gasteiger partial charge in [-0.05, 0) is 24.6 Å². The molecule has 0 fully saturated rings. The smallest absolute Gasteiger partial charge is 0.190 e. The Morgan fingerprint density at radius 3 is 3.00 bits per heavy atom. The summed E-state index contributed by atoms with van der Waals surface area (Å²) < 4.78 is 1.84. The Bertz CT molecular complexity index is 934. The van der Waals surface area contributed by atoms with Crippen LogP contribution in [0.1, 0.15) is 5.56 Å². The van der Waals surface area contributed by atoms with Crippen LogP contribution in [0.4, 0.5) is 5.69 Å². The zero-order valence-corrected chi connectivity index (χ0v) is 10.7. The highest BCUT2D eigenvalue weighted by Crippen LogP contribution is 2.25. The molecule has 0 aliphatic heterocycles. The molecular formula is C13H11N7. The molecule has 0 saturated heterocycles. The number of imidazole rings is 1. The zero-order valence-electron chi connectivity index (χ0n) is 10.7. The van der Waals surface area contributed by atoms with Gasteiger partial charge in [0, 0.05) is 11.3 Å². The number of benzene rings is 1. The quantitative estimate of drug-likeness (QED) is 0.509. The van der Waals surface area contributed by atoms with Gasteiger partial charge in [0.15, 0.2) is 17.1 Å². The van der Waals surface area contributed by atoms with E-state index in [9.17, 15) is 0 Å². The van der Waals surface area contributed by atoms with Gasteiger partial charge >= 0.3 is 0 Å². The first kappa shape index (κ1) is 10.9. The summed E-state index contributed by atoms with van der Waals surface area (Å²) in [6.07, 6.45) is 3.27. The average Bonchev–Trinajstić information content (AvgIpc) is 3.06. The number of H-pyrrole nitrogens is 1. The fraction of sp³-hybridized carbons (Fsp3) is 0.0769. The first-order valence-corrected chi connectivity index (χ1v) is 6.13. The summed E-state index contributed by atoms with van der Waals surface area (Å²) in [5, 5.41) is 8.49. The number of nitrogens with zero attached hydrogens (tertiary/aromatic N) is 5. The van der Waals surface area contributed by atoms with Crippen LogP contribution in [0.25, 0.3) is 28.2 Å². The van der Waals surface area contributed by atoms with Crippen molar-refractivity contribution in [2.45, 2.75) is 6.92 Å². The van der Waals surface area contributed by atoms with Gasteiger partial charge in [-0.1, -0.05) is 6.07 Å². The van der Waals surface area contributed by atoms with E-state index < -0.39 is 0 Å². The highest BCUT2D eigenvalue weighted by molar-refractivity contribution is 5.85. The normalized spacial score (nSPS) is 11.4. The molecule has 0 radical (unpaired) electrons. The van der Waals surface area contributed by atoms with Gasteiger partial charge in [0.1, 0.15) is 11.8 Å². The van der Waals surface area contributed by atoms with Gasteiger partial charge in [-0.3, -0.25) is 4.40 Å². The number of nitrogens with one attached hydrogen (secondary N) is 1. The van der Waals surface area contributed by atoms with Crippen LogP contribution >= 0.6 is 0 Å². The molecule has 7 nitrogen and oxygen atoms in total. The van der Waals surface area contributed by atoms with Crippen LogP contribution in [-0.4, -0.2) is 29.5 Å². The first-order chi connectivity index (χ1) is 9.74. The molecule has 0 bridgehead atoms. The molecule has 7 heteroatoms. The van der Waals surface area contributed by atoms with Gasteiger partial charge in [-0.2, -0.15) is 0 Å². The molecule has 3 aromatic heterocycles. The van der Waals surface area contributed by atoms with Gasteiger partial charge in [0.2, 0.25) is 0 Å². The molecule has 4 aromatic rings. The second-order valence-electron chi connectivity index (χ2n) is 4.64. The van der Waals surface area contributed by atoms with Crippen LogP contribution in [0.5, 0.6) is 0 Å². The van der Waals surface area contributed by atoms with Crippen LogP contribution in [0, 0.1) is 6.92 Å². The molecule has 0 atom stereocenters. The van der Waals surface area contributed by atoms with Gasteiger partial charge in [-0.15, -0.1) is 10.2 Å². The minimum Gasteiger partial charge on any atom is -0.399 e. The maximum absolute atomic E-state index is 5.86. The van der Waals surface area contributed by atoms with E-state index in [2.05, 4.69) is 25.1 Å². The van der Waals surface area contributed by atoms with E-state index >= 15 is 0 Å². The molecule has 0 amide bonds. The minimum atomic E-state index is 0.626. The summed E-state index contributed by atoms with van der Waals surface area (Å²) in [4.78, 5) is 11.4. The second-order valence-corrected chi connectivity index (χ2v) is 4.64. The van der Waals surface area contributed by atoms with Crippen molar-refractivity contribution in [3.05, 3.63) is 36.4 Å². The van der Waals surface area contributed by atoms with E-state index in [1.54, 1.807) is 12.7 Å². The fourth-order valence-electron chi connectivity index (χ4n) is 2.30. The lowest BCUT2D eigenvalue weighted by Crippen LogP contribution is -1.95. The molecule has 98 valence electrons. The van der Waals surface area contributed by atoms with Gasteiger partial charge in [0.05, 0.1) is 6.33 Å². The summed E-state index contributed by atoms with van der Waals surface area (Å²) in [7, 11) is 0. The largest absolute Gasteiger partial charge is 0.399 e. The van der Waals surface area contributed by atoms with Crippen LogP contribution in [0.3, 0.4) is 0 Å². The number of nitrogens with two attached hydrogens (primary N) is 1. The van der Waals surface area contributed by atoms with E-state index in [0.717, 1.165) is 16.6 Å². The molecule has 4 rings (SSSR count). The molecule has 3 heterocycles. The maximum atomic E-state index is 5.86. The van der Waals surface area contributed by atoms with Gasteiger partial charge < -0.3 is 10.7 Å². The summed E-state index contributed by atoms with van der Waals surface area (Å²) >= 11 is 0. The van der Waals surface area contributed by atoms with E-state index in [1.807, 2.05) is 29.5 Å². The molecule has 0 spiro atoms. The van der Waals surface area contributed by atoms with Crippen LogP contribution < -0.4 is 5.73 Å². The van der Waals surface area contributed by atoms with Crippen molar-refractivity contribution in [3.63, 3.8) is 0 Å². The Morgan fingerprint density at radius 1 is 1.20 bits per heavy atom. The Balaban J connectivity index is 2.07. The number of aromatic amines is 1. The molecule has 0 aliphatic carbocycles. The molecule has 0 aliphatic rings. The lowest BCUT2D eigenvalue weighted by molar-refractivity contribution is 1.08. The summed E-state index contributed by atoms with van der Waals surface area (Å²) in [5.74, 6) is 0.716. The minimum absolute atomic E-state index is 0.626. The lowest BCUT2D eigenvalue weighted by atomic mass is 10.1. The Hall–Kier alpha value is -2.96. The number of anilines is 1. The molecule has 0 saturated carbocycles. The average molecular weight is 265 g/mol. The Labute approximate surface area is 113 Å². The van der Waals surface area contributed by atoms with E-state index in [1.165, 1.54) is 0 Å². The summed E-state index contributed by atoms with van der Waals surface area (Å²) in [5.41, 5.74) is 10.7. The SMILES string of the molecule is Cc1ccc(N)cc1-c1nnc2c3[nH]cnc3ncn12. The van der Waals surface area contributed by atoms with Gasteiger partial charge in [-0.25, -0.2) is 9.97 Å². The Morgan fingerprint density at radius 2 is 2.10 bits per heavy atom. The maximum Gasteiger partial charge on any atom is 0.190 e. The number of hydrogen-bond acceptors (Lipinski definition) is 5. The fourth-order valence-corrected chi connectivity index (χ4v) is 2.30. The third-order valence-electron chi connectivity index (χ3n) is 3.34. The third-order valence-corrected chi connectivity index (χ3v) is 3.34. The zero-order chi connectivity index (χ0) is 13.7. The van der Waals surface area contributed by atoms with Crippen molar-refractivity contribution < 1.29 is 0 Å². The second kappa shape index (κ2) is 3.77. The van der Waals surface area contributed by atoms with E-state index in [0.29, 0.717) is 22.8 Å². The molecular weight excluding hydrogens is 254 g/mol. The van der Waals surface area contributed by atoms with Crippen molar-refractivity contribution in [2.75, 3.05) is 5.73 Å². The van der Waals surface area contributed by atoms with Crippen LogP contribution in [0.15, 0.2) is 30.9 Å². The molecule has 0 unspecified atom stereocenters. The first-order valence-electron chi connectivity index (χ1n) is 6.13. The van der Waals surface area contributed by atoms with E-state index in [4.69, 9.17) is 5.73 Å². The third kappa shape index (κ3) is 1.40. The van der Waals surface area contributed by atoms with Crippen molar-refractivity contribution in [1.82, 2.24) is 29.5 Å².